The number of ether oxygens (including phenoxy) is 3. The lowest BCUT2D eigenvalue weighted by Crippen LogP contribution is -2.54. The first-order valence-electron chi connectivity index (χ1n) is 20.1. The van der Waals surface area contributed by atoms with Crippen molar-refractivity contribution < 1.29 is 33.4 Å². The van der Waals surface area contributed by atoms with Gasteiger partial charge < -0.3 is 44.6 Å². The Labute approximate surface area is 339 Å². The molecule has 2 aliphatic heterocycles. The van der Waals surface area contributed by atoms with Gasteiger partial charge in [0, 0.05) is 37.0 Å². The molecule has 0 spiro atoms. The molecule has 2 aromatic heterocycles. The highest BCUT2D eigenvalue weighted by Crippen LogP contribution is 2.50. The molecule has 3 unspecified atom stereocenters. The highest BCUT2D eigenvalue weighted by atomic mass is 16.5. The van der Waals surface area contributed by atoms with Crippen LogP contribution in [0.25, 0.3) is 33.6 Å². The van der Waals surface area contributed by atoms with Gasteiger partial charge in [0.05, 0.1) is 44.3 Å². The molecule has 3 aliphatic rings. The molecular weight excluding hydrogens is 739 g/mol. The number of likely N-dealkylation sites (tertiary alicyclic amines) is 2. The van der Waals surface area contributed by atoms with E-state index in [4.69, 9.17) is 19.2 Å². The van der Waals surface area contributed by atoms with E-state index in [1.807, 2.05) is 29.8 Å². The predicted octanol–water partition coefficient (Wildman–Crippen LogP) is 6.85. The fraction of sp³-hybridized carbons (Fsp3) is 0.477. The van der Waals surface area contributed by atoms with Crippen molar-refractivity contribution in [2.75, 3.05) is 34.4 Å². The predicted molar refractivity (Wildman–Crippen MR) is 219 cm³/mol. The van der Waals surface area contributed by atoms with Gasteiger partial charge >= 0.3 is 12.2 Å². The van der Waals surface area contributed by atoms with Gasteiger partial charge in [-0.1, -0.05) is 52.0 Å². The summed E-state index contributed by atoms with van der Waals surface area (Å²) in [4.78, 5) is 67.2. The van der Waals surface area contributed by atoms with Gasteiger partial charge in [-0.3, -0.25) is 9.59 Å². The van der Waals surface area contributed by atoms with Crippen LogP contribution in [-0.4, -0.2) is 101 Å². The Kier molecular flexibility index (Phi) is 11.4. The van der Waals surface area contributed by atoms with Gasteiger partial charge in [-0.15, -0.1) is 0 Å². The summed E-state index contributed by atoms with van der Waals surface area (Å²) >= 11 is 0. The molecule has 4 aromatic rings. The van der Waals surface area contributed by atoms with Gasteiger partial charge in [0.15, 0.2) is 0 Å². The topological polar surface area (TPSA) is 171 Å². The molecule has 2 aromatic carbocycles. The number of benzene rings is 2. The Morgan fingerprint density at radius 3 is 1.88 bits per heavy atom. The van der Waals surface area contributed by atoms with Crippen LogP contribution in [0, 0.1) is 5.92 Å². The number of methoxy groups -OCH3 is 3. The maximum absolute atomic E-state index is 13.8. The SMILES string of the molecule is COC(=O)NC(C(=O)N1CCC[C@H]1c1ncc(-c2ccc3c(c2)C(C)(C)c2cc(-c4ccc(C5CCCN5C(=O)C(NC(=O)OC)[C@@H](C)OC)[nH]4)ccc2-3)[nH]1)C(C)C. The summed E-state index contributed by atoms with van der Waals surface area (Å²) in [5.41, 5.74) is 9.36. The molecule has 0 bridgehead atoms. The molecule has 58 heavy (non-hydrogen) atoms. The van der Waals surface area contributed by atoms with Crippen LogP contribution >= 0.6 is 0 Å². The summed E-state index contributed by atoms with van der Waals surface area (Å²) in [6, 6.07) is 15.3. The largest absolute Gasteiger partial charge is 0.453 e. The number of carbonyl (C=O) groups excluding carboxylic acids is 4. The third kappa shape index (κ3) is 7.45. The van der Waals surface area contributed by atoms with Gasteiger partial charge in [0.2, 0.25) is 11.8 Å². The maximum Gasteiger partial charge on any atom is 0.407 e. The van der Waals surface area contributed by atoms with Gasteiger partial charge in [-0.05, 0) is 96.2 Å². The van der Waals surface area contributed by atoms with Crippen molar-refractivity contribution in [1.82, 2.24) is 35.4 Å². The minimum Gasteiger partial charge on any atom is -0.453 e. The van der Waals surface area contributed by atoms with Crippen LogP contribution in [-0.2, 0) is 29.2 Å². The number of imidazole rings is 1. The number of fused-ring (bicyclic) bond motifs is 3. The van der Waals surface area contributed by atoms with Gasteiger partial charge in [0.25, 0.3) is 0 Å². The van der Waals surface area contributed by atoms with E-state index in [0.29, 0.717) is 13.1 Å². The van der Waals surface area contributed by atoms with Crippen molar-refractivity contribution in [3.05, 3.63) is 77.4 Å². The number of nitrogens with one attached hydrogen (secondary N) is 4. The highest BCUT2D eigenvalue weighted by Gasteiger charge is 2.40. The molecule has 5 atom stereocenters. The van der Waals surface area contributed by atoms with Crippen molar-refractivity contribution in [2.45, 2.75) is 96.0 Å². The molecule has 4 N–H and O–H groups in total. The summed E-state index contributed by atoms with van der Waals surface area (Å²) in [6.07, 6.45) is 3.26. The first-order chi connectivity index (χ1) is 27.8. The Balaban J connectivity index is 1.09. The van der Waals surface area contributed by atoms with Crippen molar-refractivity contribution in [1.29, 1.82) is 0 Å². The van der Waals surface area contributed by atoms with Crippen LogP contribution < -0.4 is 10.6 Å². The number of hydrogen-bond donors (Lipinski definition) is 4. The molecular formula is C44H55N7O7. The summed E-state index contributed by atoms with van der Waals surface area (Å²) in [5, 5.41) is 5.37. The average molecular weight is 794 g/mol. The first-order valence-corrected chi connectivity index (χ1v) is 20.1. The zero-order valence-electron chi connectivity index (χ0n) is 34.6. The third-order valence-electron chi connectivity index (χ3n) is 12.3. The van der Waals surface area contributed by atoms with E-state index >= 15 is 0 Å². The number of carbonyl (C=O) groups is 4. The van der Waals surface area contributed by atoms with Gasteiger partial charge in [-0.2, -0.15) is 0 Å². The van der Waals surface area contributed by atoms with Crippen LogP contribution in [0.1, 0.15) is 95.0 Å². The number of aromatic nitrogens is 3. The summed E-state index contributed by atoms with van der Waals surface area (Å²) in [5.74, 6) is 0.269. The number of rotatable bonds is 11. The summed E-state index contributed by atoms with van der Waals surface area (Å²) in [6.45, 7) is 11.2. The fourth-order valence-electron chi connectivity index (χ4n) is 8.93. The van der Waals surface area contributed by atoms with E-state index in [2.05, 4.69) is 83.0 Å². The summed E-state index contributed by atoms with van der Waals surface area (Å²) in [7, 11) is 4.08. The first kappa shape index (κ1) is 40.6. The second-order valence-electron chi connectivity index (χ2n) is 16.4. The number of alkyl carbamates (subject to hydrolysis) is 2. The van der Waals surface area contributed by atoms with E-state index in [1.165, 1.54) is 43.6 Å². The highest BCUT2D eigenvalue weighted by molar-refractivity contribution is 5.88. The Morgan fingerprint density at radius 1 is 0.741 bits per heavy atom. The quantitative estimate of drug-likeness (QED) is 0.128. The lowest BCUT2D eigenvalue weighted by atomic mass is 9.81. The monoisotopic (exact) mass is 793 g/mol. The molecule has 14 heteroatoms. The molecule has 1 aliphatic carbocycles. The third-order valence-corrected chi connectivity index (χ3v) is 12.3. The minimum atomic E-state index is -0.877. The number of aromatic amines is 2. The Morgan fingerprint density at radius 2 is 1.29 bits per heavy atom. The van der Waals surface area contributed by atoms with E-state index in [9.17, 15) is 19.2 Å². The van der Waals surface area contributed by atoms with Crippen molar-refractivity contribution in [2.24, 2.45) is 5.92 Å². The van der Waals surface area contributed by atoms with Crippen molar-refractivity contribution in [3.8, 4) is 33.6 Å². The Bertz CT molecular complexity index is 2190. The zero-order chi connectivity index (χ0) is 41.5. The van der Waals surface area contributed by atoms with Crippen LogP contribution in [0.3, 0.4) is 0 Å². The molecule has 4 heterocycles. The molecule has 0 saturated carbocycles. The van der Waals surface area contributed by atoms with E-state index < -0.39 is 30.4 Å². The normalized spacial score (nSPS) is 19.7. The van der Waals surface area contributed by atoms with Crippen molar-refractivity contribution >= 4 is 24.0 Å². The Hall–Kier alpha value is -5.63. The standard InChI is InChI=1S/C44H55N7O7/c1-24(2)37(48-42(54)57-7)40(52)51-20-10-12-36(51)39-45-23-34(47-39)27-14-16-29-28-15-13-26(21-30(28)44(4,5)31(29)22-27)32-17-18-33(46-32)35-11-9-19-50(35)41(53)38(25(3)56-6)49-43(55)58-8/h13-18,21-25,35-38,46H,9-12,19-20H2,1-8H3,(H,45,47)(H,48,54)(H,49,55)/t25-,35?,36+,37?,38?/m1/s1. The second kappa shape index (κ2) is 16.3. The van der Waals surface area contributed by atoms with Crippen LogP contribution in [0.5, 0.6) is 0 Å². The fourth-order valence-corrected chi connectivity index (χ4v) is 8.93. The lowest BCUT2D eigenvalue weighted by Gasteiger charge is -2.31. The molecule has 2 fully saturated rings. The van der Waals surface area contributed by atoms with Gasteiger partial charge in [0.1, 0.15) is 17.9 Å². The molecule has 14 nitrogen and oxygen atoms in total. The van der Waals surface area contributed by atoms with Crippen LogP contribution in [0.4, 0.5) is 9.59 Å². The van der Waals surface area contributed by atoms with E-state index in [0.717, 1.165) is 59.7 Å². The number of nitrogens with zero attached hydrogens (tertiary/aromatic N) is 3. The maximum atomic E-state index is 13.8. The molecule has 0 radical (unpaired) electrons. The minimum absolute atomic E-state index is 0.113. The number of hydrogen-bond acceptors (Lipinski definition) is 8. The molecule has 4 amide bonds. The molecule has 7 rings (SSSR count). The smallest absolute Gasteiger partial charge is 0.407 e. The second-order valence-corrected chi connectivity index (χ2v) is 16.4. The van der Waals surface area contributed by atoms with E-state index in [1.54, 1.807) is 6.92 Å². The molecule has 2 saturated heterocycles. The van der Waals surface area contributed by atoms with Gasteiger partial charge in [-0.25, -0.2) is 14.6 Å². The van der Waals surface area contributed by atoms with E-state index in [-0.39, 0.29) is 35.2 Å². The zero-order valence-corrected chi connectivity index (χ0v) is 34.6. The summed E-state index contributed by atoms with van der Waals surface area (Å²) < 4.78 is 15.0. The average Bonchev–Trinajstić information content (AvgIpc) is 4.08. The number of H-pyrrole nitrogens is 2. The molecule has 308 valence electrons. The lowest BCUT2D eigenvalue weighted by molar-refractivity contribution is -0.137. The number of amides is 4. The van der Waals surface area contributed by atoms with Crippen molar-refractivity contribution in [3.63, 3.8) is 0 Å². The van der Waals surface area contributed by atoms with Crippen LogP contribution in [0.15, 0.2) is 54.7 Å². The van der Waals surface area contributed by atoms with Crippen LogP contribution in [0.2, 0.25) is 0 Å².